The second-order valence-corrected chi connectivity index (χ2v) is 4.04. The summed E-state index contributed by atoms with van der Waals surface area (Å²) in [6.45, 7) is 0.927. The molecular weight excluding hydrogens is 178 g/mol. The van der Waals surface area contributed by atoms with Gasteiger partial charge in [0.15, 0.2) is 0 Å². The number of carbonyl (C=O) groups excluding carboxylic acids is 1. The number of nitrogens with two attached hydrogens (primary N) is 2. The van der Waals surface area contributed by atoms with E-state index in [-0.39, 0.29) is 0 Å². The first-order valence-electron chi connectivity index (χ1n) is 3.59. The van der Waals surface area contributed by atoms with E-state index in [4.69, 9.17) is 11.5 Å². The summed E-state index contributed by atoms with van der Waals surface area (Å²) in [4.78, 5) is 10.4. The fourth-order valence-electron chi connectivity index (χ4n) is 0.574. The van der Waals surface area contributed by atoms with E-state index >= 15 is 0 Å². The van der Waals surface area contributed by atoms with E-state index in [1.165, 1.54) is 0 Å². The molecule has 0 saturated heterocycles. The third kappa shape index (κ3) is 6.26. The Morgan fingerprint density at radius 2 is 2.25 bits per heavy atom. The third-order valence-electron chi connectivity index (χ3n) is 1.30. The second kappa shape index (κ2) is 6.10. The summed E-state index contributed by atoms with van der Waals surface area (Å²) in [7, 11) is -0.810. The molecule has 0 bridgehead atoms. The molecule has 0 aromatic heterocycles. The van der Waals surface area contributed by atoms with Crippen LogP contribution in [-0.4, -0.2) is 41.3 Å². The van der Waals surface area contributed by atoms with Crippen molar-refractivity contribution in [1.29, 1.82) is 0 Å². The molecule has 12 heavy (non-hydrogen) atoms. The molecule has 0 fully saturated rings. The van der Waals surface area contributed by atoms with Crippen molar-refractivity contribution in [3.63, 3.8) is 0 Å². The van der Waals surface area contributed by atoms with Gasteiger partial charge in [-0.2, -0.15) is 0 Å². The normalized spacial score (nSPS) is 15.5. The van der Waals surface area contributed by atoms with Crippen LogP contribution in [0, 0.1) is 0 Å². The van der Waals surface area contributed by atoms with Crippen molar-refractivity contribution in [3.8, 4) is 0 Å². The van der Waals surface area contributed by atoms with Gasteiger partial charge in [-0.1, -0.05) is 0 Å². The van der Waals surface area contributed by atoms with Crippen LogP contribution in [0.4, 0.5) is 0 Å². The lowest BCUT2D eigenvalue weighted by molar-refractivity contribution is -0.119. The zero-order valence-electron chi connectivity index (χ0n) is 7.08. The van der Waals surface area contributed by atoms with Crippen LogP contribution in [0.3, 0.4) is 0 Å². The Morgan fingerprint density at radius 1 is 1.67 bits per heavy atom. The van der Waals surface area contributed by atoms with Crippen LogP contribution in [-0.2, 0) is 15.6 Å². The van der Waals surface area contributed by atoms with Gasteiger partial charge < -0.3 is 16.8 Å². The summed E-state index contributed by atoms with van der Waals surface area (Å²) in [6, 6.07) is -0.657. The van der Waals surface area contributed by atoms with Crippen LogP contribution in [0.2, 0.25) is 0 Å². The lowest BCUT2D eigenvalue weighted by Gasteiger charge is -2.07. The molecule has 0 rings (SSSR count). The minimum atomic E-state index is -0.810. The van der Waals surface area contributed by atoms with Gasteiger partial charge in [-0.15, -0.1) is 0 Å². The predicted molar refractivity (Wildman–Crippen MR) is 49.0 cm³/mol. The number of amides is 1. The summed E-state index contributed by atoms with van der Waals surface area (Å²) in [5, 5.41) is 2.88. The Bertz CT molecular complexity index is 174. The van der Waals surface area contributed by atoms with Crippen LogP contribution in [0.15, 0.2) is 0 Å². The van der Waals surface area contributed by atoms with Gasteiger partial charge >= 0.3 is 0 Å². The Kier molecular flexibility index (Phi) is 5.87. The molecule has 0 aromatic rings. The maximum absolute atomic E-state index is 10.6. The average molecular weight is 193 g/mol. The van der Waals surface area contributed by atoms with E-state index in [0.717, 1.165) is 0 Å². The van der Waals surface area contributed by atoms with Crippen LogP contribution >= 0.6 is 0 Å². The summed E-state index contributed by atoms with van der Waals surface area (Å²) in [6.07, 6.45) is 1.62. The van der Waals surface area contributed by atoms with E-state index in [2.05, 4.69) is 5.32 Å². The SMILES string of the molecule is CS(=O)CCNCC(N)C(N)=O. The first-order chi connectivity index (χ1) is 5.54. The Hall–Kier alpha value is -0.460. The van der Waals surface area contributed by atoms with Crippen LogP contribution < -0.4 is 16.8 Å². The van der Waals surface area contributed by atoms with Crippen molar-refractivity contribution >= 4 is 16.7 Å². The molecule has 0 aliphatic carbocycles. The largest absolute Gasteiger partial charge is 0.368 e. The molecule has 5 N–H and O–H groups in total. The summed E-state index contributed by atoms with van der Waals surface area (Å²) < 4.78 is 10.6. The fraction of sp³-hybridized carbons (Fsp3) is 0.833. The molecule has 0 saturated carbocycles. The molecular formula is C6H15N3O2S. The molecule has 0 radical (unpaired) electrons. The molecule has 5 nitrogen and oxygen atoms in total. The van der Waals surface area contributed by atoms with Crippen LogP contribution in [0.25, 0.3) is 0 Å². The minimum Gasteiger partial charge on any atom is -0.368 e. The van der Waals surface area contributed by atoms with Gasteiger partial charge in [0.1, 0.15) is 0 Å². The highest BCUT2D eigenvalue weighted by molar-refractivity contribution is 7.84. The maximum Gasteiger partial charge on any atom is 0.235 e. The smallest absolute Gasteiger partial charge is 0.235 e. The highest BCUT2D eigenvalue weighted by Gasteiger charge is 2.07. The average Bonchev–Trinajstić information content (AvgIpc) is 1.97. The van der Waals surface area contributed by atoms with Gasteiger partial charge in [-0.05, 0) is 0 Å². The number of rotatable bonds is 6. The van der Waals surface area contributed by atoms with Gasteiger partial charge in [0.05, 0.1) is 6.04 Å². The molecule has 0 spiro atoms. The second-order valence-electron chi connectivity index (χ2n) is 2.49. The van der Waals surface area contributed by atoms with Gasteiger partial charge in [-0.3, -0.25) is 9.00 Å². The highest BCUT2D eigenvalue weighted by atomic mass is 32.2. The molecule has 1 amide bonds. The maximum atomic E-state index is 10.6. The standard InChI is InChI=1S/C6H15N3O2S/c1-12(11)3-2-9-4-5(7)6(8)10/h5,9H,2-4,7H2,1H3,(H2,8,10). The Balaban J connectivity index is 3.31. The van der Waals surface area contributed by atoms with Crippen molar-refractivity contribution in [2.75, 3.05) is 25.1 Å². The van der Waals surface area contributed by atoms with Gasteiger partial charge in [0, 0.05) is 35.9 Å². The topological polar surface area (TPSA) is 98.2 Å². The van der Waals surface area contributed by atoms with Gasteiger partial charge in [0.25, 0.3) is 0 Å². The molecule has 0 aliphatic heterocycles. The first-order valence-corrected chi connectivity index (χ1v) is 5.32. The van der Waals surface area contributed by atoms with Crippen molar-refractivity contribution in [2.45, 2.75) is 6.04 Å². The molecule has 72 valence electrons. The number of carbonyl (C=O) groups is 1. The van der Waals surface area contributed by atoms with E-state index in [9.17, 15) is 9.00 Å². The van der Waals surface area contributed by atoms with Crippen LogP contribution in [0.5, 0.6) is 0 Å². The zero-order valence-corrected chi connectivity index (χ0v) is 7.89. The van der Waals surface area contributed by atoms with Crippen molar-refractivity contribution in [1.82, 2.24) is 5.32 Å². The monoisotopic (exact) mass is 193 g/mol. The Labute approximate surface area is 74.3 Å². The number of nitrogens with one attached hydrogen (secondary N) is 1. The van der Waals surface area contributed by atoms with Gasteiger partial charge in [0.2, 0.25) is 5.91 Å². The zero-order chi connectivity index (χ0) is 9.56. The lowest BCUT2D eigenvalue weighted by Crippen LogP contribution is -2.44. The molecule has 6 heteroatoms. The highest BCUT2D eigenvalue weighted by Crippen LogP contribution is 1.74. The van der Waals surface area contributed by atoms with Crippen molar-refractivity contribution in [3.05, 3.63) is 0 Å². The molecule has 0 aliphatic rings. The number of hydrogen-bond donors (Lipinski definition) is 3. The summed E-state index contributed by atoms with van der Waals surface area (Å²) in [5.74, 6) is 0.0333. The van der Waals surface area contributed by atoms with E-state index in [1.54, 1.807) is 6.26 Å². The molecule has 2 atom stereocenters. The lowest BCUT2D eigenvalue weighted by atomic mass is 10.3. The molecule has 0 heterocycles. The quantitative estimate of drug-likeness (QED) is 0.416. The summed E-state index contributed by atoms with van der Waals surface area (Å²) in [5.41, 5.74) is 10.2. The number of primary amides is 1. The fourth-order valence-corrected chi connectivity index (χ4v) is 1.01. The third-order valence-corrected chi connectivity index (χ3v) is 2.08. The van der Waals surface area contributed by atoms with E-state index < -0.39 is 22.7 Å². The van der Waals surface area contributed by atoms with E-state index in [0.29, 0.717) is 18.8 Å². The summed E-state index contributed by atoms with van der Waals surface area (Å²) >= 11 is 0. The van der Waals surface area contributed by atoms with Gasteiger partial charge in [-0.25, -0.2) is 0 Å². The Morgan fingerprint density at radius 3 is 2.67 bits per heavy atom. The predicted octanol–water partition coefficient (Wildman–Crippen LogP) is -2.23. The van der Waals surface area contributed by atoms with Crippen LogP contribution in [0.1, 0.15) is 0 Å². The minimum absolute atomic E-state index is 0.340. The van der Waals surface area contributed by atoms with Crippen molar-refractivity contribution < 1.29 is 9.00 Å². The van der Waals surface area contributed by atoms with E-state index in [1.807, 2.05) is 0 Å². The molecule has 0 aromatic carbocycles. The molecule has 2 unspecified atom stereocenters. The first kappa shape index (κ1) is 11.5. The number of hydrogen-bond acceptors (Lipinski definition) is 4. The van der Waals surface area contributed by atoms with Crippen molar-refractivity contribution in [2.24, 2.45) is 11.5 Å².